The van der Waals surface area contributed by atoms with Gasteiger partial charge in [0, 0.05) is 42.6 Å². The highest BCUT2D eigenvalue weighted by atomic mass is 19.1. The third kappa shape index (κ3) is 1.42. The first kappa shape index (κ1) is 8.96. The average Bonchev–Trinajstić information content (AvgIpc) is 2.75. The van der Waals surface area contributed by atoms with Crippen LogP contribution in [0.2, 0.25) is 0 Å². The van der Waals surface area contributed by atoms with Crippen LogP contribution in [0.3, 0.4) is 0 Å². The number of hydrogen-bond acceptors (Lipinski definition) is 3. The highest BCUT2D eigenvalue weighted by molar-refractivity contribution is 5.61. The van der Waals surface area contributed by atoms with E-state index < -0.39 is 5.95 Å². The molecule has 0 unspecified atom stereocenters. The molecule has 0 aliphatic carbocycles. The summed E-state index contributed by atoms with van der Waals surface area (Å²) in [6.07, 6.45) is 8.41. The van der Waals surface area contributed by atoms with E-state index in [0.29, 0.717) is 5.78 Å². The van der Waals surface area contributed by atoms with E-state index >= 15 is 0 Å². The lowest BCUT2D eigenvalue weighted by Gasteiger charge is -2.01. The summed E-state index contributed by atoms with van der Waals surface area (Å²) in [7, 11) is 0. The SMILES string of the molecule is Fc1cc(-c2cnc3nccn3c2)ccn1. The van der Waals surface area contributed by atoms with Gasteiger partial charge in [-0.05, 0) is 11.6 Å². The fraction of sp³-hybridized carbons (Fsp3) is 0. The number of imidazole rings is 1. The van der Waals surface area contributed by atoms with E-state index in [0.717, 1.165) is 11.1 Å². The Morgan fingerprint density at radius 2 is 2.00 bits per heavy atom. The maximum atomic E-state index is 13.0. The largest absolute Gasteiger partial charge is 0.291 e. The Hall–Kier alpha value is -2.30. The average molecular weight is 214 g/mol. The van der Waals surface area contributed by atoms with Crippen molar-refractivity contribution in [3.05, 3.63) is 49.1 Å². The van der Waals surface area contributed by atoms with Crippen molar-refractivity contribution in [2.45, 2.75) is 0 Å². The Morgan fingerprint density at radius 1 is 1.06 bits per heavy atom. The fourth-order valence-electron chi connectivity index (χ4n) is 1.55. The van der Waals surface area contributed by atoms with Gasteiger partial charge in [0.25, 0.3) is 0 Å². The summed E-state index contributed by atoms with van der Waals surface area (Å²) in [5.74, 6) is 0.126. The number of rotatable bonds is 1. The van der Waals surface area contributed by atoms with Crippen LogP contribution in [-0.4, -0.2) is 19.4 Å². The van der Waals surface area contributed by atoms with Gasteiger partial charge < -0.3 is 0 Å². The molecular formula is C11H7FN4. The molecule has 0 amide bonds. The number of fused-ring (bicyclic) bond motifs is 1. The van der Waals surface area contributed by atoms with Gasteiger partial charge in [0.2, 0.25) is 11.7 Å². The smallest absolute Gasteiger partial charge is 0.233 e. The topological polar surface area (TPSA) is 43.1 Å². The quantitative estimate of drug-likeness (QED) is 0.581. The molecule has 0 saturated carbocycles. The van der Waals surface area contributed by atoms with Gasteiger partial charge in [-0.25, -0.2) is 15.0 Å². The number of pyridine rings is 1. The molecule has 0 radical (unpaired) electrons. The highest BCUT2D eigenvalue weighted by Crippen LogP contribution is 2.18. The summed E-state index contributed by atoms with van der Waals surface area (Å²) in [5, 5.41) is 0. The van der Waals surface area contributed by atoms with Crippen molar-refractivity contribution in [1.82, 2.24) is 19.4 Å². The van der Waals surface area contributed by atoms with Gasteiger partial charge in [0.05, 0.1) is 0 Å². The van der Waals surface area contributed by atoms with E-state index in [1.54, 1.807) is 29.1 Å². The maximum absolute atomic E-state index is 13.0. The Labute approximate surface area is 90.4 Å². The van der Waals surface area contributed by atoms with E-state index in [1.165, 1.54) is 12.3 Å². The lowest BCUT2D eigenvalue weighted by atomic mass is 10.1. The molecule has 3 rings (SSSR count). The monoisotopic (exact) mass is 214 g/mol. The molecule has 0 aliphatic rings. The van der Waals surface area contributed by atoms with E-state index in [4.69, 9.17) is 0 Å². The van der Waals surface area contributed by atoms with Gasteiger partial charge in [-0.1, -0.05) is 0 Å². The number of hydrogen-bond donors (Lipinski definition) is 0. The van der Waals surface area contributed by atoms with Crippen molar-refractivity contribution >= 4 is 5.78 Å². The van der Waals surface area contributed by atoms with Crippen LogP contribution in [0.4, 0.5) is 4.39 Å². The van der Waals surface area contributed by atoms with Crippen molar-refractivity contribution in [3.63, 3.8) is 0 Å². The molecule has 0 aliphatic heterocycles. The maximum Gasteiger partial charge on any atom is 0.233 e. The van der Waals surface area contributed by atoms with Gasteiger partial charge in [-0.15, -0.1) is 0 Å². The minimum Gasteiger partial charge on any atom is -0.291 e. The Morgan fingerprint density at radius 3 is 2.88 bits per heavy atom. The zero-order valence-corrected chi connectivity index (χ0v) is 8.21. The van der Waals surface area contributed by atoms with Crippen molar-refractivity contribution < 1.29 is 4.39 Å². The first-order valence-corrected chi connectivity index (χ1v) is 4.73. The van der Waals surface area contributed by atoms with Crippen molar-refractivity contribution in [3.8, 4) is 11.1 Å². The predicted molar refractivity (Wildman–Crippen MR) is 56.2 cm³/mol. The number of halogens is 1. The summed E-state index contributed by atoms with van der Waals surface area (Å²) < 4.78 is 14.7. The molecule has 0 bridgehead atoms. The first-order valence-electron chi connectivity index (χ1n) is 4.73. The zero-order valence-electron chi connectivity index (χ0n) is 8.21. The molecule has 0 fully saturated rings. The summed E-state index contributed by atoms with van der Waals surface area (Å²) >= 11 is 0. The zero-order chi connectivity index (χ0) is 11.0. The molecule has 4 nitrogen and oxygen atoms in total. The van der Waals surface area contributed by atoms with E-state index in [9.17, 15) is 4.39 Å². The Bertz CT molecular complexity index is 647. The van der Waals surface area contributed by atoms with Gasteiger partial charge >= 0.3 is 0 Å². The molecule has 0 aromatic carbocycles. The highest BCUT2D eigenvalue weighted by Gasteiger charge is 2.02. The van der Waals surface area contributed by atoms with Crippen molar-refractivity contribution in [2.24, 2.45) is 0 Å². The standard InChI is InChI=1S/C11H7FN4/c12-10-5-8(1-2-13-10)9-6-15-11-14-3-4-16(11)7-9/h1-7H. The van der Waals surface area contributed by atoms with Gasteiger partial charge in [0.1, 0.15) is 0 Å². The minimum absolute atomic E-state index is 0.497. The van der Waals surface area contributed by atoms with Crippen LogP contribution < -0.4 is 0 Å². The first-order chi connectivity index (χ1) is 7.83. The van der Waals surface area contributed by atoms with Crippen LogP contribution in [0.1, 0.15) is 0 Å². The molecule has 5 heteroatoms. The van der Waals surface area contributed by atoms with Crippen LogP contribution >= 0.6 is 0 Å². The van der Waals surface area contributed by atoms with Crippen molar-refractivity contribution in [1.29, 1.82) is 0 Å². The molecule has 0 saturated heterocycles. The summed E-state index contributed by atoms with van der Waals surface area (Å²) in [5.41, 5.74) is 1.57. The van der Waals surface area contributed by atoms with Gasteiger partial charge in [-0.3, -0.25) is 4.40 Å². The van der Waals surface area contributed by atoms with Gasteiger partial charge in [-0.2, -0.15) is 4.39 Å². The molecule has 78 valence electrons. The fourth-order valence-corrected chi connectivity index (χ4v) is 1.55. The molecule has 0 spiro atoms. The van der Waals surface area contributed by atoms with Crippen LogP contribution in [-0.2, 0) is 0 Å². The van der Waals surface area contributed by atoms with E-state index in [1.807, 2.05) is 6.20 Å². The second kappa shape index (κ2) is 3.37. The second-order valence-corrected chi connectivity index (χ2v) is 3.34. The lowest BCUT2D eigenvalue weighted by molar-refractivity contribution is 0.584. The van der Waals surface area contributed by atoms with Gasteiger partial charge in [0.15, 0.2) is 0 Å². The molecule has 3 aromatic heterocycles. The summed E-state index contributed by atoms with van der Waals surface area (Å²) in [6, 6.07) is 3.11. The molecule has 0 atom stereocenters. The second-order valence-electron chi connectivity index (χ2n) is 3.34. The summed E-state index contributed by atoms with van der Waals surface area (Å²) in [4.78, 5) is 11.7. The Balaban J connectivity index is 2.18. The van der Waals surface area contributed by atoms with Crippen LogP contribution in [0.15, 0.2) is 43.1 Å². The molecule has 0 N–H and O–H groups in total. The van der Waals surface area contributed by atoms with Crippen LogP contribution in [0.5, 0.6) is 0 Å². The number of nitrogens with zero attached hydrogens (tertiary/aromatic N) is 4. The Kier molecular flexibility index (Phi) is 1.89. The van der Waals surface area contributed by atoms with Crippen LogP contribution in [0, 0.1) is 5.95 Å². The molecule has 16 heavy (non-hydrogen) atoms. The number of aromatic nitrogens is 4. The van der Waals surface area contributed by atoms with E-state index in [-0.39, 0.29) is 0 Å². The molecule has 3 heterocycles. The van der Waals surface area contributed by atoms with Crippen LogP contribution in [0.25, 0.3) is 16.9 Å². The minimum atomic E-state index is -0.497. The van der Waals surface area contributed by atoms with E-state index in [2.05, 4.69) is 15.0 Å². The lowest BCUT2D eigenvalue weighted by Crippen LogP contribution is -1.90. The summed E-state index contributed by atoms with van der Waals surface area (Å²) in [6.45, 7) is 0. The van der Waals surface area contributed by atoms with Crippen molar-refractivity contribution in [2.75, 3.05) is 0 Å². The molecule has 3 aromatic rings. The normalized spacial score (nSPS) is 10.8. The molecular weight excluding hydrogens is 207 g/mol. The third-order valence-corrected chi connectivity index (χ3v) is 2.31. The predicted octanol–water partition coefficient (Wildman–Crippen LogP) is 1.93. The third-order valence-electron chi connectivity index (χ3n) is 2.31.